The van der Waals surface area contributed by atoms with Gasteiger partial charge < -0.3 is 9.47 Å². The maximum atomic E-state index is 13.0. The Bertz CT molecular complexity index is 1210. The van der Waals surface area contributed by atoms with Crippen molar-refractivity contribution < 1.29 is 14.3 Å². The van der Waals surface area contributed by atoms with E-state index >= 15 is 0 Å². The van der Waals surface area contributed by atoms with Gasteiger partial charge in [-0.2, -0.15) is 0 Å². The topological polar surface area (TPSA) is 85.2 Å². The number of hydrogen-bond donors (Lipinski definition) is 1. The lowest BCUT2D eigenvalue weighted by Gasteiger charge is -2.13. The number of hydrogen-bond acceptors (Lipinski definition) is 8. The van der Waals surface area contributed by atoms with Crippen molar-refractivity contribution in [2.75, 3.05) is 6.61 Å². The van der Waals surface area contributed by atoms with Gasteiger partial charge in [0.2, 0.25) is 0 Å². The number of Topliss-reactive ketones (excluding diaryl/α,β-unsaturated/α-hetero) is 1. The molecule has 2 aromatic carbocycles. The average Bonchev–Trinajstić information content (AvgIpc) is 3.38. The van der Waals surface area contributed by atoms with Crippen LogP contribution in [-0.4, -0.2) is 27.6 Å². The van der Waals surface area contributed by atoms with Gasteiger partial charge in [0.15, 0.2) is 17.3 Å². The molecule has 0 bridgehead atoms. The van der Waals surface area contributed by atoms with E-state index in [-0.39, 0.29) is 10.8 Å². The summed E-state index contributed by atoms with van der Waals surface area (Å²) in [5.74, 6) is 0.484. The van der Waals surface area contributed by atoms with E-state index in [4.69, 9.17) is 14.9 Å². The normalized spacial score (nSPS) is 17.1. The number of ether oxygens (including phenoxy) is 2. The van der Waals surface area contributed by atoms with Crippen molar-refractivity contribution in [2.24, 2.45) is 0 Å². The molecule has 0 saturated carbocycles. The summed E-state index contributed by atoms with van der Waals surface area (Å²) in [5.41, 5.74) is 1.86. The minimum absolute atomic E-state index is 0.114. The first-order valence-electron chi connectivity index (χ1n) is 10.5. The number of carbonyl (C=O) groups excluding carboxylic acids is 1. The molecule has 1 saturated heterocycles. The molecule has 1 fully saturated rings. The van der Waals surface area contributed by atoms with Crippen LogP contribution in [0.1, 0.15) is 40.9 Å². The van der Waals surface area contributed by atoms with Crippen molar-refractivity contribution in [3.8, 4) is 11.5 Å². The number of halogens is 1. The van der Waals surface area contributed by atoms with Gasteiger partial charge in [0.25, 0.3) is 0 Å². The van der Waals surface area contributed by atoms with Crippen molar-refractivity contribution in [1.82, 2.24) is 10.2 Å². The Morgan fingerprint density at radius 2 is 1.88 bits per heavy atom. The fourth-order valence-electron chi connectivity index (χ4n) is 3.24. The van der Waals surface area contributed by atoms with Crippen molar-refractivity contribution in [3.63, 3.8) is 0 Å². The molecule has 33 heavy (non-hydrogen) atoms. The third kappa shape index (κ3) is 5.54. The van der Waals surface area contributed by atoms with Crippen LogP contribution in [0, 0.1) is 5.41 Å². The second-order valence-electron chi connectivity index (χ2n) is 7.21. The van der Waals surface area contributed by atoms with Gasteiger partial charge in [0.1, 0.15) is 22.5 Å². The Balaban J connectivity index is 1.53. The number of ketones is 1. The zero-order valence-electron chi connectivity index (χ0n) is 18.1. The molecule has 0 aliphatic carbocycles. The molecular formula is C24H22BrN3O3S2. The highest BCUT2D eigenvalue weighted by molar-refractivity contribution is 9.10. The van der Waals surface area contributed by atoms with Crippen molar-refractivity contribution in [1.29, 1.82) is 5.41 Å². The van der Waals surface area contributed by atoms with Crippen LogP contribution in [0.5, 0.6) is 11.5 Å². The van der Waals surface area contributed by atoms with E-state index < -0.39 is 5.92 Å². The minimum atomic E-state index is -0.654. The zero-order valence-corrected chi connectivity index (χ0v) is 21.4. The second-order valence-corrected chi connectivity index (χ2v) is 10.3. The van der Waals surface area contributed by atoms with Gasteiger partial charge in [-0.1, -0.05) is 52.8 Å². The van der Waals surface area contributed by atoms with Crippen LogP contribution in [0.3, 0.4) is 0 Å². The monoisotopic (exact) mass is 543 g/mol. The van der Waals surface area contributed by atoms with Gasteiger partial charge >= 0.3 is 0 Å². The smallest absolute Gasteiger partial charge is 0.186 e. The first kappa shape index (κ1) is 23.7. The average molecular weight is 544 g/mol. The molecule has 0 amide bonds. The van der Waals surface area contributed by atoms with Crippen LogP contribution < -0.4 is 9.47 Å². The molecule has 1 aromatic heterocycles. The highest BCUT2D eigenvalue weighted by atomic mass is 79.9. The Kier molecular flexibility index (Phi) is 7.62. The summed E-state index contributed by atoms with van der Waals surface area (Å²) in [6.07, 6.45) is 2.56. The lowest BCUT2D eigenvalue weighted by molar-refractivity contribution is -0.114. The van der Waals surface area contributed by atoms with E-state index in [1.165, 1.54) is 23.1 Å². The summed E-state index contributed by atoms with van der Waals surface area (Å²) in [6.45, 7) is 4.82. The van der Waals surface area contributed by atoms with Gasteiger partial charge in [0.05, 0.1) is 16.6 Å². The molecule has 1 aliphatic rings. The molecule has 9 heteroatoms. The third-order valence-corrected chi connectivity index (χ3v) is 7.55. The Morgan fingerprint density at radius 3 is 2.58 bits per heavy atom. The first-order chi connectivity index (χ1) is 16.0. The number of nitrogens with zero attached hydrogens (tertiary/aromatic N) is 2. The fraction of sp³-hybridized carbons (Fsp3) is 0.250. The van der Waals surface area contributed by atoms with E-state index in [9.17, 15) is 4.79 Å². The van der Waals surface area contributed by atoms with Crippen LogP contribution in [0.4, 0.5) is 0 Å². The molecule has 0 unspecified atom stereocenters. The summed E-state index contributed by atoms with van der Waals surface area (Å²) in [4.78, 5) is 13.5. The molecule has 0 radical (unpaired) electrons. The molecule has 170 valence electrons. The highest BCUT2D eigenvalue weighted by Gasteiger charge is 2.39. The molecule has 0 spiro atoms. The van der Waals surface area contributed by atoms with E-state index in [0.717, 1.165) is 27.0 Å². The largest absolute Gasteiger partial charge is 0.490 e. The molecule has 1 aliphatic heterocycles. The van der Waals surface area contributed by atoms with Gasteiger partial charge in [-0.05, 0) is 54.8 Å². The van der Waals surface area contributed by atoms with Crippen LogP contribution in [0.15, 0.2) is 51.8 Å². The van der Waals surface area contributed by atoms with Gasteiger partial charge in [-0.25, -0.2) is 0 Å². The standard InChI is InChI=1S/C24H22BrN3O3S2/c1-3-20-27-28-24(33-20)21-22(29)19(32-23(21)26)12-15-7-10-17(18(11-15)30-4-2)31-13-14-5-8-16(25)9-6-14/h5-12,21,26H,3-4,13H2,1-2H3/b19-12-,26-23?/t21-/m0/s1. The maximum Gasteiger partial charge on any atom is 0.186 e. The van der Waals surface area contributed by atoms with Gasteiger partial charge in [0, 0.05) is 4.47 Å². The first-order valence-corrected chi connectivity index (χ1v) is 12.9. The zero-order chi connectivity index (χ0) is 23.4. The van der Waals surface area contributed by atoms with E-state index in [2.05, 4.69) is 26.1 Å². The van der Waals surface area contributed by atoms with Crippen molar-refractivity contribution in [3.05, 3.63) is 73.0 Å². The number of thioether (sulfide) groups is 1. The van der Waals surface area contributed by atoms with Crippen LogP contribution in [0.2, 0.25) is 0 Å². The predicted octanol–water partition coefficient (Wildman–Crippen LogP) is 6.26. The minimum Gasteiger partial charge on any atom is -0.490 e. The van der Waals surface area contributed by atoms with E-state index in [1.54, 1.807) is 6.08 Å². The maximum absolute atomic E-state index is 13.0. The molecule has 1 N–H and O–H groups in total. The van der Waals surface area contributed by atoms with Gasteiger partial charge in [-0.15, -0.1) is 21.5 Å². The molecule has 6 nitrogen and oxygen atoms in total. The van der Waals surface area contributed by atoms with Crippen molar-refractivity contribution in [2.45, 2.75) is 32.8 Å². The summed E-state index contributed by atoms with van der Waals surface area (Å²) in [5, 5.41) is 18.3. The molecule has 3 aromatic rings. The molecular weight excluding hydrogens is 522 g/mol. The van der Waals surface area contributed by atoms with Crippen LogP contribution >= 0.6 is 39.0 Å². The predicted molar refractivity (Wildman–Crippen MR) is 136 cm³/mol. The number of aromatic nitrogens is 2. The Morgan fingerprint density at radius 1 is 1.09 bits per heavy atom. The Hall–Kier alpha value is -2.49. The molecule has 2 heterocycles. The lowest BCUT2D eigenvalue weighted by Crippen LogP contribution is -2.11. The van der Waals surface area contributed by atoms with Crippen LogP contribution in [-0.2, 0) is 17.8 Å². The van der Waals surface area contributed by atoms with E-state index in [0.29, 0.717) is 34.6 Å². The number of aryl methyl sites for hydroxylation is 1. The van der Waals surface area contributed by atoms with E-state index in [1.807, 2.05) is 56.3 Å². The number of nitrogens with one attached hydrogen (secondary N) is 1. The molecule has 1 atom stereocenters. The summed E-state index contributed by atoms with van der Waals surface area (Å²) >= 11 is 6.01. The number of benzene rings is 2. The molecule has 4 rings (SSSR count). The second kappa shape index (κ2) is 10.6. The van der Waals surface area contributed by atoms with Gasteiger partial charge in [-0.3, -0.25) is 10.2 Å². The van der Waals surface area contributed by atoms with Crippen LogP contribution in [0.25, 0.3) is 6.08 Å². The summed E-state index contributed by atoms with van der Waals surface area (Å²) in [7, 11) is 0. The Labute approximate surface area is 209 Å². The summed E-state index contributed by atoms with van der Waals surface area (Å²) in [6, 6.07) is 13.5. The SMILES string of the molecule is CCOc1cc(/C=C2\SC(=N)[C@@H](c3nnc(CC)s3)C2=O)ccc1OCc1ccc(Br)cc1. The number of allylic oxidation sites excluding steroid dienone is 1. The highest BCUT2D eigenvalue weighted by Crippen LogP contribution is 2.42. The summed E-state index contributed by atoms with van der Waals surface area (Å²) < 4.78 is 12.8. The third-order valence-electron chi connectivity index (χ3n) is 4.89. The fourth-order valence-corrected chi connectivity index (χ4v) is 5.45. The quantitative estimate of drug-likeness (QED) is 0.337. The van der Waals surface area contributed by atoms with Crippen molar-refractivity contribution >= 4 is 55.9 Å². The lowest BCUT2D eigenvalue weighted by atomic mass is 10.1. The number of rotatable bonds is 8. The number of carbonyl (C=O) groups is 1.